The quantitative estimate of drug-likeness (QED) is 0.812. The first-order valence-electron chi connectivity index (χ1n) is 9.09. The molecule has 2 heterocycles. The Balaban J connectivity index is 2.05. The highest BCUT2D eigenvalue weighted by Gasteiger charge is 2.38. The van der Waals surface area contributed by atoms with E-state index in [0.717, 1.165) is 17.6 Å². The molecule has 0 aliphatic carbocycles. The van der Waals surface area contributed by atoms with Gasteiger partial charge in [-0.3, -0.25) is 4.90 Å². The molecule has 5 nitrogen and oxygen atoms in total. The van der Waals surface area contributed by atoms with Gasteiger partial charge in [-0.15, -0.1) is 0 Å². The standard InChI is InChI=1S/C20H25F2N3O2/c1-12-23-10-17-16(25(19(26)27)20(2,3)4)9-8-13(11-24(12)17)14-6-5-7-15(21)18(14)22/h5-7,10,13,16H,8-9,11H2,1-4H3,(H,26,27)/t13-,16-/m1/s1. The van der Waals surface area contributed by atoms with Crippen LogP contribution in [0.15, 0.2) is 24.4 Å². The van der Waals surface area contributed by atoms with E-state index in [-0.39, 0.29) is 5.92 Å². The van der Waals surface area contributed by atoms with E-state index in [9.17, 15) is 18.7 Å². The Bertz CT molecular complexity index is 857. The van der Waals surface area contributed by atoms with E-state index >= 15 is 0 Å². The molecule has 1 aliphatic rings. The van der Waals surface area contributed by atoms with E-state index < -0.39 is 29.3 Å². The highest BCUT2D eigenvalue weighted by atomic mass is 19.2. The minimum Gasteiger partial charge on any atom is -0.465 e. The zero-order valence-electron chi connectivity index (χ0n) is 16.0. The van der Waals surface area contributed by atoms with Gasteiger partial charge in [0.25, 0.3) is 0 Å². The summed E-state index contributed by atoms with van der Waals surface area (Å²) in [6.07, 6.45) is 1.75. The number of hydrogen-bond donors (Lipinski definition) is 1. The van der Waals surface area contributed by atoms with Crippen molar-refractivity contribution in [1.29, 1.82) is 0 Å². The van der Waals surface area contributed by atoms with Crippen LogP contribution in [-0.4, -0.2) is 31.2 Å². The molecule has 0 spiro atoms. The van der Waals surface area contributed by atoms with E-state index in [0.29, 0.717) is 24.9 Å². The number of imidazole rings is 1. The maximum Gasteiger partial charge on any atom is 0.408 e. The molecule has 2 atom stereocenters. The lowest BCUT2D eigenvalue weighted by atomic mass is 9.91. The monoisotopic (exact) mass is 377 g/mol. The Hall–Kier alpha value is -2.44. The van der Waals surface area contributed by atoms with Crippen LogP contribution in [-0.2, 0) is 6.54 Å². The summed E-state index contributed by atoms with van der Waals surface area (Å²) in [5.41, 5.74) is 0.514. The number of hydrogen-bond acceptors (Lipinski definition) is 2. The lowest BCUT2D eigenvalue weighted by Crippen LogP contribution is -2.47. The van der Waals surface area contributed by atoms with Crippen LogP contribution in [0.3, 0.4) is 0 Å². The molecule has 0 saturated carbocycles. The molecule has 1 amide bonds. The fourth-order valence-corrected chi connectivity index (χ4v) is 4.05. The average Bonchev–Trinajstić information content (AvgIpc) is 2.81. The van der Waals surface area contributed by atoms with Gasteiger partial charge in [-0.25, -0.2) is 18.6 Å². The minimum absolute atomic E-state index is 0.257. The fourth-order valence-electron chi connectivity index (χ4n) is 4.05. The lowest BCUT2D eigenvalue weighted by Gasteiger charge is -2.39. The molecule has 0 saturated heterocycles. The van der Waals surface area contributed by atoms with Gasteiger partial charge in [-0.05, 0) is 52.2 Å². The van der Waals surface area contributed by atoms with Crippen LogP contribution in [0.2, 0.25) is 0 Å². The maximum atomic E-state index is 14.4. The van der Waals surface area contributed by atoms with E-state index in [1.54, 1.807) is 12.3 Å². The summed E-state index contributed by atoms with van der Waals surface area (Å²) in [4.78, 5) is 17.8. The molecular formula is C20H25F2N3O2. The summed E-state index contributed by atoms with van der Waals surface area (Å²) < 4.78 is 30.1. The predicted molar refractivity (Wildman–Crippen MR) is 97.7 cm³/mol. The third-order valence-corrected chi connectivity index (χ3v) is 5.28. The molecule has 1 aromatic carbocycles. The molecule has 3 rings (SSSR count). The van der Waals surface area contributed by atoms with Crippen molar-refractivity contribution < 1.29 is 18.7 Å². The summed E-state index contributed by atoms with van der Waals surface area (Å²) in [6.45, 7) is 7.83. The summed E-state index contributed by atoms with van der Waals surface area (Å²) >= 11 is 0. The maximum absolute atomic E-state index is 14.4. The Morgan fingerprint density at radius 1 is 1.30 bits per heavy atom. The molecule has 146 valence electrons. The Kier molecular flexibility index (Phi) is 4.97. The first-order chi connectivity index (χ1) is 12.6. The van der Waals surface area contributed by atoms with Gasteiger partial charge >= 0.3 is 6.09 Å². The molecule has 1 N–H and O–H groups in total. The smallest absolute Gasteiger partial charge is 0.408 e. The van der Waals surface area contributed by atoms with Crippen LogP contribution in [0.4, 0.5) is 13.6 Å². The van der Waals surface area contributed by atoms with Gasteiger partial charge in [-0.2, -0.15) is 0 Å². The number of carbonyl (C=O) groups is 1. The first-order valence-corrected chi connectivity index (χ1v) is 9.09. The number of nitrogens with zero attached hydrogens (tertiary/aromatic N) is 3. The van der Waals surface area contributed by atoms with Crippen molar-refractivity contribution in [2.75, 3.05) is 0 Å². The molecule has 1 aliphatic heterocycles. The van der Waals surface area contributed by atoms with Gasteiger partial charge in [0.15, 0.2) is 11.6 Å². The number of amides is 1. The molecule has 0 fully saturated rings. The number of carboxylic acid groups (broad SMARTS) is 1. The van der Waals surface area contributed by atoms with Crippen molar-refractivity contribution in [3.05, 3.63) is 53.1 Å². The van der Waals surface area contributed by atoms with Crippen LogP contribution in [0.5, 0.6) is 0 Å². The van der Waals surface area contributed by atoms with Gasteiger partial charge in [0, 0.05) is 18.0 Å². The topological polar surface area (TPSA) is 58.4 Å². The predicted octanol–water partition coefficient (Wildman–Crippen LogP) is 4.87. The molecule has 2 aromatic rings. The second-order valence-electron chi connectivity index (χ2n) is 8.10. The fraction of sp³-hybridized carbons (Fsp3) is 0.500. The third-order valence-electron chi connectivity index (χ3n) is 5.28. The zero-order valence-corrected chi connectivity index (χ0v) is 16.0. The number of rotatable bonds is 2. The van der Waals surface area contributed by atoms with Crippen LogP contribution in [0, 0.1) is 18.6 Å². The Morgan fingerprint density at radius 3 is 2.63 bits per heavy atom. The minimum atomic E-state index is -1.01. The number of aryl methyl sites for hydroxylation is 1. The lowest BCUT2D eigenvalue weighted by molar-refractivity contribution is 0.0648. The van der Waals surface area contributed by atoms with Crippen molar-refractivity contribution in [3.8, 4) is 0 Å². The SMILES string of the molecule is Cc1ncc2n1C[C@H](c1cccc(F)c1F)CC[C@H]2N(C(=O)O)C(C)(C)C. The van der Waals surface area contributed by atoms with Crippen LogP contribution >= 0.6 is 0 Å². The van der Waals surface area contributed by atoms with Crippen molar-refractivity contribution in [3.63, 3.8) is 0 Å². The van der Waals surface area contributed by atoms with Crippen molar-refractivity contribution >= 4 is 6.09 Å². The number of aromatic nitrogens is 2. The highest BCUT2D eigenvalue weighted by Crippen LogP contribution is 2.40. The van der Waals surface area contributed by atoms with Gasteiger partial charge in [-0.1, -0.05) is 12.1 Å². The van der Waals surface area contributed by atoms with Crippen LogP contribution in [0.1, 0.15) is 62.7 Å². The van der Waals surface area contributed by atoms with Gasteiger partial charge in [0.05, 0.1) is 17.9 Å². The van der Waals surface area contributed by atoms with Crippen molar-refractivity contribution in [1.82, 2.24) is 14.5 Å². The molecule has 0 bridgehead atoms. The van der Waals surface area contributed by atoms with Gasteiger partial charge < -0.3 is 9.67 Å². The summed E-state index contributed by atoms with van der Waals surface area (Å²) in [5.74, 6) is -1.21. The normalized spacial score (nSPS) is 20.1. The van der Waals surface area contributed by atoms with Crippen LogP contribution < -0.4 is 0 Å². The molecule has 0 unspecified atom stereocenters. The number of benzene rings is 1. The molecular weight excluding hydrogens is 352 g/mol. The van der Waals surface area contributed by atoms with Gasteiger partial charge in [0.2, 0.25) is 0 Å². The number of halogens is 2. The highest BCUT2D eigenvalue weighted by molar-refractivity contribution is 5.66. The van der Waals surface area contributed by atoms with Gasteiger partial charge in [0.1, 0.15) is 5.82 Å². The Labute approximate surface area is 157 Å². The molecule has 1 aromatic heterocycles. The summed E-state index contributed by atoms with van der Waals surface area (Å²) in [6, 6.07) is 3.83. The zero-order chi connectivity index (χ0) is 19.9. The number of fused-ring (bicyclic) bond motifs is 1. The van der Waals surface area contributed by atoms with E-state index in [1.807, 2.05) is 32.3 Å². The largest absolute Gasteiger partial charge is 0.465 e. The first kappa shape index (κ1) is 19.3. The average molecular weight is 377 g/mol. The van der Waals surface area contributed by atoms with E-state index in [4.69, 9.17) is 0 Å². The second-order valence-corrected chi connectivity index (χ2v) is 8.10. The summed E-state index contributed by atoms with van der Waals surface area (Å²) in [5, 5.41) is 9.84. The molecule has 7 heteroatoms. The molecule has 0 radical (unpaired) electrons. The van der Waals surface area contributed by atoms with Crippen molar-refractivity contribution in [2.45, 2.75) is 64.6 Å². The third kappa shape index (κ3) is 3.55. The summed E-state index contributed by atoms with van der Waals surface area (Å²) in [7, 11) is 0. The van der Waals surface area contributed by atoms with E-state index in [1.165, 1.54) is 11.0 Å². The van der Waals surface area contributed by atoms with E-state index in [2.05, 4.69) is 4.98 Å². The second kappa shape index (κ2) is 6.94. The van der Waals surface area contributed by atoms with Crippen LogP contribution in [0.25, 0.3) is 0 Å². The molecule has 27 heavy (non-hydrogen) atoms. The van der Waals surface area contributed by atoms with Crippen molar-refractivity contribution in [2.24, 2.45) is 0 Å². The Morgan fingerprint density at radius 2 is 2.00 bits per heavy atom.